The number of carbonyl (C=O) groups excluding carboxylic acids is 1. The number of halogens is 1. The lowest BCUT2D eigenvalue weighted by Gasteiger charge is -2.25. The summed E-state index contributed by atoms with van der Waals surface area (Å²) in [6.45, 7) is 0. The second-order valence-electron chi connectivity index (χ2n) is 5.46. The van der Waals surface area contributed by atoms with Crippen LogP contribution in [0, 0.1) is 5.82 Å². The number of methoxy groups -OCH3 is 1. The Kier molecular flexibility index (Phi) is 5.20. The molecule has 0 spiro atoms. The molecule has 1 heterocycles. The van der Waals surface area contributed by atoms with E-state index in [-0.39, 0.29) is 17.7 Å². The van der Waals surface area contributed by atoms with Crippen molar-refractivity contribution in [1.82, 2.24) is 5.32 Å². The van der Waals surface area contributed by atoms with Crippen molar-refractivity contribution in [3.8, 4) is 5.75 Å². The largest absolute Gasteiger partial charge is 0.494 e. The number of fused-ring (bicyclic) bond motifs is 1. The summed E-state index contributed by atoms with van der Waals surface area (Å²) in [5.74, 6) is 0.541. The minimum atomic E-state index is -0.446. The fourth-order valence-corrected chi connectivity index (χ4v) is 3.80. The average Bonchev–Trinajstić information content (AvgIpc) is 2.60. The van der Waals surface area contributed by atoms with E-state index in [0.29, 0.717) is 5.56 Å². The van der Waals surface area contributed by atoms with Gasteiger partial charge in [-0.3, -0.25) is 4.79 Å². The Balaban J connectivity index is 1.67. The highest BCUT2D eigenvalue weighted by Crippen LogP contribution is 2.35. The monoisotopic (exact) mass is 343 g/mol. The van der Waals surface area contributed by atoms with E-state index >= 15 is 0 Å². The zero-order valence-electron chi connectivity index (χ0n) is 13.3. The minimum Gasteiger partial charge on any atom is -0.494 e. The first-order chi connectivity index (χ1) is 11.7. The summed E-state index contributed by atoms with van der Waals surface area (Å²) in [5.41, 5.74) is 1.77. The van der Waals surface area contributed by atoms with Crippen LogP contribution in [0.2, 0.25) is 0 Å². The number of rotatable bonds is 4. The van der Waals surface area contributed by atoms with Gasteiger partial charge in [0.2, 0.25) is 5.91 Å². The summed E-state index contributed by atoms with van der Waals surface area (Å²) in [5, 5.41) is 3.02. The molecule has 2 aromatic rings. The van der Waals surface area contributed by atoms with Gasteiger partial charge in [0, 0.05) is 16.7 Å². The van der Waals surface area contributed by atoms with Gasteiger partial charge in [0.25, 0.3) is 0 Å². The van der Waals surface area contributed by atoms with Crippen molar-refractivity contribution < 1.29 is 13.9 Å². The molecule has 1 atom stereocenters. The Morgan fingerprint density at radius 1 is 1.33 bits per heavy atom. The average molecular weight is 343 g/mol. The van der Waals surface area contributed by atoms with Gasteiger partial charge in [0.15, 0.2) is 11.6 Å². The van der Waals surface area contributed by atoms with Crippen LogP contribution in [0.25, 0.3) is 6.08 Å². The highest BCUT2D eigenvalue weighted by molar-refractivity contribution is 7.99. The van der Waals surface area contributed by atoms with Crippen LogP contribution in [0.1, 0.15) is 23.6 Å². The van der Waals surface area contributed by atoms with Gasteiger partial charge in [-0.15, -0.1) is 11.8 Å². The van der Waals surface area contributed by atoms with Gasteiger partial charge in [-0.1, -0.05) is 24.3 Å². The first kappa shape index (κ1) is 16.6. The van der Waals surface area contributed by atoms with Gasteiger partial charge < -0.3 is 10.1 Å². The molecule has 0 fully saturated rings. The van der Waals surface area contributed by atoms with Crippen LogP contribution in [0.15, 0.2) is 53.4 Å². The summed E-state index contributed by atoms with van der Waals surface area (Å²) in [4.78, 5) is 13.4. The predicted octanol–water partition coefficient (Wildman–Crippen LogP) is 4.20. The summed E-state index contributed by atoms with van der Waals surface area (Å²) >= 11 is 1.81. The van der Waals surface area contributed by atoms with Crippen molar-refractivity contribution in [3.63, 3.8) is 0 Å². The van der Waals surface area contributed by atoms with Gasteiger partial charge >= 0.3 is 0 Å². The van der Waals surface area contributed by atoms with Crippen LogP contribution in [0.4, 0.5) is 4.39 Å². The molecule has 3 nitrogen and oxygen atoms in total. The van der Waals surface area contributed by atoms with Crippen molar-refractivity contribution in [3.05, 3.63) is 65.5 Å². The van der Waals surface area contributed by atoms with E-state index in [1.54, 1.807) is 18.2 Å². The third kappa shape index (κ3) is 3.79. The van der Waals surface area contributed by atoms with Crippen LogP contribution in [0.3, 0.4) is 0 Å². The molecule has 124 valence electrons. The van der Waals surface area contributed by atoms with E-state index in [9.17, 15) is 9.18 Å². The summed E-state index contributed by atoms with van der Waals surface area (Å²) in [6.07, 6.45) is 3.94. The number of carbonyl (C=O) groups is 1. The fraction of sp³-hybridized carbons (Fsp3) is 0.211. The molecular weight excluding hydrogens is 325 g/mol. The maximum atomic E-state index is 13.7. The number of ether oxygens (including phenoxy) is 1. The van der Waals surface area contributed by atoms with Gasteiger partial charge in [-0.05, 0) is 41.8 Å². The number of thioether (sulfide) groups is 1. The second kappa shape index (κ2) is 7.53. The van der Waals surface area contributed by atoms with Gasteiger partial charge in [-0.25, -0.2) is 4.39 Å². The number of benzene rings is 2. The van der Waals surface area contributed by atoms with E-state index in [1.807, 2.05) is 23.9 Å². The maximum absolute atomic E-state index is 13.7. The Hall–Kier alpha value is -2.27. The van der Waals surface area contributed by atoms with Crippen LogP contribution >= 0.6 is 11.8 Å². The Bertz CT molecular complexity index is 776. The van der Waals surface area contributed by atoms with Crippen molar-refractivity contribution in [2.75, 3.05) is 12.9 Å². The molecule has 3 rings (SSSR count). The summed E-state index contributed by atoms with van der Waals surface area (Å²) in [6, 6.07) is 12.7. The van der Waals surface area contributed by atoms with Crippen molar-refractivity contribution in [2.45, 2.75) is 17.4 Å². The maximum Gasteiger partial charge on any atom is 0.244 e. The lowest BCUT2D eigenvalue weighted by molar-refractivity contribution is -0.117. The van der Waals surface area contributed by atoms with Crippen LogP contribution in [-0.2, 0) is 4.79 Å². The molecule has 1 aliphatic rings. The topological polar surface area (TPSA) is 38.3 Å². The van der Waals surface area contributed by atoms with Gasteiger partial charge in [0.05, 0.1) is 13.2 Å². The van der Waals surface area contributed by atoms with E-state index < -0.39 is 5.82 Å². The molecule has 2 aromatic carbocycles. The Labute approximate surface area is 144 Å². The number of hydrogen-bond acceptors (Lipinski definition) is 3. The molecule has 0 radical (unpaired) electrons. The molecule has 0 aliphatic carbocycles. The Morgan fingerprint density at radius 2 is 2.17 bits per heavy atom. The number of hydrogen-bond donors (Lipinski definition) is 1. The van der Waals surface area contributed by atoms with Crippen LogP contribution in [-0.4, -0.2) is 18.8 Å². The molecule has 0 bridgehead atoms. The van der Waals surface area contributed by atoms with E-state index in [1.165, 1.54) is 24.1 Å². The summed E-state index contributed by atoms with van der Waals surface area (Å²) in [7, 11) is 1.42. The van der Waals surface area contributed by atoms with E-state index in [0.717, 1.165) is 17.7 Å². The zero-order chi connectivity index (χ0) is 16.9. The highest BCUT2D eigenvalue weighted by atomic mass is 32.2. The molecule has 0 saturated heterocycles. The lowest BCUT2D eigenvalue weighted by atomic mass is 10.0. The third-order valence-electron chi connectivity index (χ3n) is 3.88. The number of amides is 1. The van der Waals surface area contributed by atoms with Crippen molar-refractivity contribution in [2.24, 2.45) is 0 Å². The quantitative estimate of drug-likeness (QED) is 0.846. The number of nitrogens with one attached hydrogen (secondary N) is 1. The molecule has 1 unspecified atom stereocenters. The van der Waals surface area contributed by atoms with Crippen LogP contribution in [0.5, 0.6) is 5.75 Å². The second-order valence-corrected chi connectivity index (χ2v) is 6.60. The molecule has 0 saturated carbocycles. The van der Waals surface area contributed by atoms with Crippen molar-refractivity contribution in [1.29, 1.82) is 0 Å². The lowest BCUT2D eigenvalue weighted by Crippen LogP contribution is -2.29. The molecule has 0 aromatic heterocycles. The predicted molar refractivity (Wildman–Crippen MR) is 94.7 cm³/mol. The first-order valence-corrected chi connectivity index (χ1v) is 8.70. The molecule has 1 aliphatic heterocycles. The first-order valence-electron chi connectivity index (χ1n) is 7.71. The molecule has 24 heavy (non-hydrogen) atoms. The fourth-order valence-electron chi connectivity index (χ4n) is 2.67. The summed E-state index contributed by atoms with van der Waals surface area (Å²) < 4.78 is 18.5. The minimum absolute atomic E-state index is 0.0206. The van der Waals surface area contributed by atoms with Crippen molar-refractivity contribution >= 4 is 23.7 Å². The zero-order valence-corrected chi connectivity index (χ0v) is 14.1. The van der Waals surface area contributed by atoms with Crippen LogP contribution < -0.4 is 10.1 Å². The molecule has 1 amide bonds. The highest BCUT2D eigenvalue weighted by Gasteiger charge is 2.20. The molecule has 5 heteroatoms. The van der Waals surface area contributed by atoms with E-state index in [2.05, 4.69) is 17.4 Å². The molecular formula is C19H18FNO2S. The SMILES string of the molecule is COc1ccc(/C=C/C(=O)NC2CCSc3ccccc32)cc1F. The van der Waals surface area contributed by atoms with Gasteiger partial charge in [0.1, 0.15) is 0 Å². The van der Waals surface area contributed by atoms with Gasteiger partial charge in [-0.2, -0.15) is 0 Å². The van der Waals surface area contributed by atoms with E-state index in [4.69, 9.17) is 4.74 Å². The standard InChI is InChI=1S/C19H18FNO2S/c1-23-17-8-6-13(12-15(17)20)7-9-19(22)21-16-10-11-24-18-5-3-2-4-14(16)18/h2-9,12,16H,10-11H2,1H3,(H,21,22)/b9-7+. The smallest absolute Gasteiger partial charge is 0.244 e. The Morgan fingerprint density at radius 3 is 2.96 bits per heavy atom. The molecule has 1 N–H and O–H groups in total. The third-order valence-corrected chi connectivity index (χ3v) is 5.00. The normalized spacial score (nSPS) is 16.7.